The monoisotopic (exact) mass is 694 g/mol. The molecule has 0 aliphatic carbocycles. The van der Waals surface area contributed by atoms with Crippen LogP contribution in [0.2, 0.25) is 0 Å². The lowest BCUT2D eigenvalue weighted by Gasteiger charge is -2.17. The molecule has 0 aromatic heterocycles. The van der Waals surface area contributed by atoms with E-state index in [0.717, 1.165) is 58.4 Å². The van der Waals surface area contributed by atoms with E-state index in [1.54, 1.807) is 0 Å². The Balaban J connectivity index is 1.34. The summed E-state index contributed by atoms with van der Waals surface area (Å²) in [6.45, 7) is 17.6. The Morgan fingerprint density at radius 2 is 0.827 bits per heavy atom. The SMILES string of the molecule is C=CC(=O)OCCOCCc1ccc(C#Cc2cc(C)c(-c3c(C)cc(C#Cc4ccc(CCOCCOC(=O)C=C)cc4)cc3C)c(C)c2)cc1. The third-order valence-corrected chi connectivity index (χ3v) is 8.27. The lowest BCUT2D eigenvalue weighted by atomic mass is 9.87. The van der Waals surface area contributed by atoms with Gasteiger partial charge in [0.25, 0.3) is 0 Å². The smallest absolute Gasteiger partial charge is 0.330 e. The van der Waals surface area contributed by atoms with Gasteiger partial charge in [-0.05, 0) is 134 Å². The van der Waals surface area contributed by atoms with E-state index in [-0.39, 0.29) is 13.2 Å². The first-order valence-corrected chi connectivity index (χ1v) is 17.4. The van der Waals surface area contributed by atoms with Crippen LogP contribution in [0.15, 0.2) is 98.1 Å². The second-order valence-corrected chi connectivity index (χ2v) is 12.3. The van der Waals surface area contributed by atoms with E-state index >= 15 is 0 Å². The fraction of sp³-hybridized carbons (Fsp3) is 0.261. The van der Waals surface area contributed by atoms with Gasteiger partial charge in [0.1, 0.15) is 13.2 Å². The zero-order valence-corrected chi connectivity index (χ0v) is 30.6. The minimum Gasteiger partial charge on any atom is -0.460 e. The van der Waals surface area contributed by atoms with E-state index in [2.05, 4.69) is 113 Å². The van der Waals surface area contributed by atoms with Gasteiger partial charge in [-0.2, -0.15) is 0 Å². The van der Waals surface area contributed by atoms with Crippen LogP contribution in [-0.4, -0.2) is 51.6 Å². The lowest BCUT2D eigenvalue weighted by molar-refractivity contribution is -0.140. The molecule has 0 fully saturated rings. The molecule has 0 bridgehead atoms. The Bertz CT molecular complexity index is 1800. The van der Waals surface area contributed by atoms with Gasteiger partial charge in [0.05, 0.1) is 26.4 Å². The Morgan fingerprint density at radius 3 is 1.15 bits per heavy atom. The van der Waals surface area contributed by atoms with Gasteiger partial charge in [-0.25, -0.2) is 9.59 Å². The quantitative estimate of drug-likeness (QED) is 0.0545. The summed E-state index contributed by atoms with van der Waals surface area (Å²) in [6.07, 6.45) is 3.81. The average Bonchev–Trinajstić information content (AvgIpc) is 3.14. The molecule has 0 radical (unpaired) electrons. The van der Waals surface area contributed by atoms with Crippen molar-refractivity contribution in [3.63, 3.8) is 0 Å². The summed E-state index contributed by atoms with van der Waals surface area (Å²) in [5, 5.41) is 0. The zero-order valence-electron chi connectivity index (χ0n) is 30.6. The topological polar surface area (TPSA) is 71.1 Å². The van der Waals surface area contributed by atoms with E-state index in [4.69, 9.17) is 18.9 Å². The molecule has 4 aromatic rings. The lowest BCUT2D eigenvalue weighted by Crippen LogP contribution is -2.09. The van der Waals surface area contributed by atoms with Gasteiger partial charge in [0.15, 0.2) is 0 Å². The van der Waals surface area contributed by atoms with Crippen molar-refractivity contribution in [3.05, 3.63) is 154 Å². The summed E-state index contributed by atoms with van der Waals surface area (Å²) in [6, 6.07) is 25.0. The molecule has 0 saturated carbocycles. The summed E-state index contributed by atoms with van der Waals surface area (Å²) in [5.74, 6) is 12.4. The number of hydrogen-bond donors (Lipinski definition) is 0. The third kappa shape index (κ3) is 12.3. The van der Waals surface area contributed by atoms with Crippen molar-refractivity contribution >= 4 is 11.9 Å². The van der Waals surface area contributed by atoms with Crippen LogP contribution in [0.4, 0.5) is 0 Å². The highest BCUT2D eigenvalue weighted by Gasteiger charge is 2.13. The number of aryl methyl sites for hydroxylation is 4. The second-order valence-electron chi connectivity index (χ2n) is 12.3. The molecule has 0 aliphatic heterocycles. The number of carbonyl (C=O) groups excluding carboxylic acids is 2. The molecule has 6 heteroatoms. The number of esters is 2. The van der Waals surface area contributed by atoms with Crippen LogP contribution in [0.3, 0.4) is 0 Å². The fourth-order valence-corrected chi connectivity index (χ4v) is 5.76. The second kappa shape index (κ2) is 20.3. The number of hydrogen-bond acceptors (Lipinski definition) is 6. The summed E-state index contributed by atoms with van der Waals surface area (Å²) >= 11 is 0. The number of rotatable bonds is 15. The van der Waals surface area contributed by atoms with Gasteiger partial charge in [-0.15, -0.1) is 0 Å². The van der Waals surface area contributed by atoms with E-state index in [0.29, 0.717) is 26.4 Å². The standard InChI is InChI=1S/C46H46O6/c1-7-43(47)51-27-25-49-23-21-39-13-9-37(10-14-39)17-19-41-29-33(3)45(34(4)30-41)46-35(5)31-42(32-36(46)6)20-18-38-11-15-40(16-12-38)22-24-50-26-28-52-44(48)8-2/h7-16,29-32H,1-2,21-28H2,3-6H3. The van der Waals surface area contributed by atoms with Crippen LogP contribution in [0.5, 0.6) is 0 Å². The van der Waals surface area contributed by atoms with E-state index < -0.39 is 11.9 Å². The number of benzene rings is 4. The summed E-state index contributed by atoms with van der Waals surface area (Å²) < 4.78 is 20.9. The summed E-state index contributed by atoms with van der Waals surface area (Å²) in [5.41, 5.74) is 13.4. The molecular weight excluding hydrogens is 648 g/mol. The van der Waals surface area contributed by atoms with Gasteiger partial charge < -0.3 is 18.9 Å². The Morgan fingerprint density at radius 1 is 0.500 bits per heavy atom. The maximum Gasteiger partial charge on any atom is 0.330 e. The van der Waals surface area contributed by atoms with Crippen molar-refractivity contribution in [3.8, 4) is 34.8 Å². The zero-order chi connectivity index (χ0) is 37.3. The van der Waals surface area contributed by atoms with Crippen LogP contribution in [0.1, 0.15) is 55.6 Å². The maximum absolute atomic E-state index is 11.1. The summed E-state index contributed by atoms with van der Waals surface area (Å²) in [7, 11) is 0. The minimum atomic E-state index is -0.441. The van der Waals surface area contributed by atoms with Crippen molar-refractivity contribution in [1.29, 1.82) is 0 Å². The van der Waals surface area contributed by atoms with Crippen LogP contribution in [0, 0.1) is 51.4 Å². The van der Waals surface area contributed by atoms with Gasteiger partial charge >= 0.3 is 11.9 Å². The van der Waals surface area contributed by atoms with Crippen LogP contribution < -0.4 is 0 Å². The maximum atomic E-state index is 11.1. The Kier molecular flexibility index (Phi) is 15.2. The third-order valence-electron chi connectivity index (χ3n) is 8.27. The average molecular weight is 695 g/mol. The number of carbonyl (C=O) groups is 2. The van der Waals surface area contributed by atoms with E-state index in [1.165, 1.54) is 33.4 Å². The predicted molar refractivity (Wildman–Crippen MR) is 207 cm³/mol. The van der Waals surface area contributed by atoms with Crippen molar-refractivity contribution in [2.45, 2.75) is 40.5 Å². The predicted octanol–water partition coefficient (Wildman–Crippen LogP) is 7.96. The molecular formula is C46H46O6. The van der Waals surface area contributed by atoms with Gasteiger partial charge in [-0.3, -0.25) is 0 Å². The molecule has 6 nitrogen and oxygen atoms in total. The summed E-state index contributed by atoms with van der Waals surface area (Å²) in [4.78, 5) is 22.1. The first-order chi connectivity index (χ1) is 25.2. The highest BCUT2D eigenvalue weighted by Crippen LogP contribution is 2.34. The largest absolute Gasteiger partial charge is 0.460 e. The first kappa shape index (κ1) is 39.1. The van der Waals surface area contributed by atoms with Gasteiger partial charge in [0.2, 0.25) is 0 Å². The molecule has 0 aliphatic rings. The molecule has 0 heterocycles. The molecule has 0 atom stereocenters. The molecule has 0 amide bonds. The molecule has 0 N–H and O–H groups in total. The molecule has 4 aromatic carbocycles. The Hall–Kier alpha value is -5.66. The number of ether oxygens (including phenoxy) is 4. The molecule has 0 spiro atoms. The molecule has 4 rings (SSSR count). The van der Waals surface area contributed by atoms with E-state index in [1.807, 2.05) is 24.3 Å². The van der Waals surface area contributed by atoms with E-state index in [9.17, 15) is 9.59 Å². The van der Waals surface area contributed by atoms with Crippen LogP contribution >= 0.6 is 0 Å². The van der Waals surface area contributed by atoms with Gasteiger partial charge in [-0.1, -0.05) is 61.1 Å². The highest BCUT2D eigenvalue weighted by atomic mass is 16.6. The van der Waals surface area contributed by atoms with Gasteiger partial charge in [0, 0.05) is 34.4 Å². The Labute approximate surface area is 308 Å². The molecule has 0 unspecified atom stereocenters. The van der Waals surface area contributed by atoms with Crippen molar-refractivity contribution in [2.24, 2.45) is 0 Å². The highest BCUT2D eigenvalue weighted by molar-refractivity contribution is 5.81. The first-order valence-electron chi connectivity index (χ1n) is 17.4. The normalized spacial score (nSPS) is 10.3. The molecule has 266 valence electrons. The van der Waals surface area contributed by atoms with Crippen molar-refractivity contribution in [2.75, 3.05) is 39.6 Å². The van der Waals surface area contributed by atoms with Crippen molar-refractivity contribution < 1.29 is 28.5 Å². The molecule has 0 saturated heterocycles. The van der Waals surface area contributed by atoms with Crippen LogP contribution in [-0.2, 0) is 41.4 Å². The van der Waals surface area contributed by atoms with Crippen molar-refractivity contribution in [1.82, 2.24) is 0 Å². The fourth-order valence-electron chi connectivity index (χ4n) is 5.76. The van der Waals surface area contributed by atoms with Crippen LogP contribution in [0.25, 0.3) is 11.1 Å². The molecule has 52 heavy (non-hydrogen) atoms. The minimum absolute atomic E-state index is 0.220.